The molecule has 0 fully saturated rings. The molecular weight excluding hydrogens is 143 g/mol. The fourth-order valence-electron chi connectivity index (χ4n) is 0. The Kier molecular flexibility index (Phi) is 23.0. The van der Waals surface area contributed by atoms with Crippen LogP contribution in [0, 0.1) is 0 Å². The third-order valence-corrected chi connectivity index (χ3v) is 0. The maximum Gasteiger partial charge on any atom is 0.289 e. The van der Waals surface area contributed by atoms with Gasteiger partial charge in [-0.25, -0.2) is 0 Å². The first kappa shape index (κ1) is 8.86. The largest absolute Gasteiger partial charge is 0.289 e. The second-order valence-corrected chi connectivity index (χ2v) is 0.0891. The van der Waals surface area contributed by atoms with Crippen LogP contribution in [0.1, 0.15) is 0 Å². The van der Waals surface area contributed by atoms with Crippen LogP contribution in [0.25, 0.3) is 0 Å². The van der Waals surface area contributed by atoms with Crippen LogP contribution >= 0.6 is 0 Å². The molecule has 3 heteroatoms. The van der Waals surface area contributed by atoms with Gasteiger partial charge in [0.2, 0.25) is 0 Å². The van der Waals surface area contributed by atoms with Gasteiger partial charge in [0.15, 0.2) is 0 Å². The number of rotatable bonds is 0. The van der Waals surface area contributed by atoms with Gasteiger partial charge in [-0.1, -0.05) is 0 Å². The summed E-state index contributed by atoms with van der Waals surface area (Å²) in [6.45, 7) is -0.750. The minimum absolute atomic E-state index is 0. The average Bonchev–Trinajstić information content (AvgIpc) is 0.918. The molecule has 0 heterocycles. The molecule has 0 aliphatic rings. The van der Waals surface area contributed by atoms with E-state index in [9.17, 15) is 4.39 Å². The van der Waals surface area contributed by atoms with E-state index in [0.717, 1.165) is 0 Å². The van der Waals surface area contributed by atoms with Crippen LogP contribution in [0.4, 0.5) is 4.39 Å². The number of hydrogen-bond donors (Lipinski definition) is 0. The molecule has 0 saturated carbocycles. The van der Waals surface area contributed by atoms with Crippen LogP contribution < -0.4 is 0 Å². The zero-order valence-corrected chi connectivity index (χ0v) is 3.78. The van der Waals surface area contributed by atoms with Gasteiger partial charge in [0.25, 0.3) is 6.54 Å². The number of carbonyl (C=O) groups is 1. The molecule has 0 aromatic carbocycles. The summed E-state index contributed by atoms with van der Waals surface area (Å²) in [5.41, 5.74) is 0. The van der Waals surface area contributed by atoms with Crippen molar-refractivity contribution in [2.75, 3.05) is 0 Å². The molecule has 4 heavy (non-hydrogen) atoms. The summed E-state index contributed by atoms with van der Waals surface area (Å²) in [5.74, 6) is 0. The topological polar surface area (TPSA) is 17.1 Å². The van der Waals surface area contributed by atoms with E-state index in [1.165, 1.54) is 0 Å². The van der Waals surface area contributed by atoms with Crippen LogP contribution in [0.5, 0.6) is 0 Å². The first-order valence-corrected chi connectivity index (χ1v) is 0.454. The maximum atomic E-state index is 9.61. The molecule has 0 unspecified atom stereocenters. The Bertz CT molecular complexity index is 15.5. The normalized spacial score (nSPS) is 3.25. The molecule has 0 aromatic heterocycles. The van der Waals surface area contributed by atoms with E-state index >= 15 is 0 Å². The van der Waals surface area contributed by atoms with E-state index in [1.807, 2.05) is 0 Å². The van der Waals surface area contributed by atoms with Gasteiger partial charge in [0.05, 0.1) is 0 Å². The maximum absolute atomic E-state index is 9.61. The van der Waals surface area contributed by atoms with Crippen molar-refractivity contribution in [3.63, 3.8) is 0 Å². The molecular formula is CHFMoO. The SMILES string of the molecule is O=CF.[Mo]. The Balaban J connectivity index is 0. The summed E-state index contributed by atoms with van der Waals surface area (Å²) in [4.78, 5) is 8.14. The zero-order chi connectivity index (χ0) is 2.71. The fourth-order valence-corrected chi connectivity index (χ4v) is 0. The summed E-state index contributed by atoms with van der Waals surface area (Å²) in [5, 5.41) is 0. The van der Waals surface area contributed by atoms with Crippen molar-refractivity contribution in [1.82, 2.24) is 0 Å². The van der Waals surface area contributed by atoms with E-state index in [4.69, 9.17) is 4.79 Å². The van der Waals surface area contributed by atoms with Crippen molar-refractivity contribution in [3.05, 3.63) is 0 Å². The van der Waals surface area contributed by atoms with E-state index in [1.54, 1.807) is 0 Å². The van der Waals surface area contributed by atoms with Crippen LogP contribution in [0.15, 0.2) is 0 Å². The third kappa shape index (κ3) is 45.7. The average molecular weight is 144 g/mol. The van der Waals surface area contributed by atoms with Gasteiger partial charge in [-0.05, 0) is 0 Å². The Labute approximate surface area is 37.5 Å². The molecule has 0 bridgehead atoms. The van der Waals surface area contributed by atoms with Crippen molar-refractivity contribution >= 4 is 6.54 Å². The molecule has 0 saturated heterocycles. The number of halogens is 1. The van der Waals surface area contributed by atoms with Gasteiger partial charge in [0.1, 0.15) is 0 Å². The Morgan fingerprint density at radius 1 is 1.75 bits per heavy atom. The second kappa shape index (κ2) is 10.4. The van der Waals surface area contributed by atoms with E-state index in [0.29, 0.717) is 0 Å². The van der Waals surface area contributed by atoms with E-state index in [-0.39, 0.29) is 21.1 Å². The molecule has 0 N–H and O–H groups in total. The van der Waals surface area contributed by atoms with Crippen LogP contribution in [0.3, 0.4) is 0 Å². The minimum atomic E-state index is -0.750. The molecule has 0 radical (unpaired) electrons. The molecule has 0 atom stereocenters. The summed E-state index contributed by atoms with van der Waals surface area (Å²) in [6, 6.07) is 0. The molecule has 0 rings (SSSR count). The molecule has 0 amide bonds. The number of hydrogen-bond acceptors (Lipinski definition) is 1. The first-order chi connectivity index (χ1) is 1.41. The van der Waals surface area contributed by atoms with Gasteiger partial charge < -0.3 is 0 Å². The van der Waals surface area contributed by atoms with Gasteiger partial charge >= 0.3 is 0 Å². The molecule has 1 nitrogen and oxygen atoms in total. The van der Waals surface area contributed by atoms with Gasteiger partial charge in [-0.15, -0.1) is 0 Å². The van der Waals surface area contributed by atoms with Crippen molar-refractivity contribution in [3.8, 4) is 0 Å². The summed E-state index contributed by atoms with van der Waals surface area (Å²) in [6.07, 6.45) is 0. The predicted molar refractivity (Wildman–Crippen MR) is 7.86 cm³/mol. The standard InChI is InChI=1S/CHFO.Mo/c2-1-3;/h1H;. The van der Waals surface area contributed by atoms with E-state index < -0.39 is 6.54 Å². The molecule has 0 spiro atoms. The summed E-state index contributed by atoms with van der Waals surface area (Å²) >= 11 is 0. The van der Waals surface area contributed by atoms with Gasteiger partial charge in [0, 0.05) is 21.1 Å². The van der Waals surface area contributed by atoms with Crippen molar-refractivity contribution < 1.29 is 30.3 Å². The summed E-state index contributed by atoms with van der Waals surface area (Å²) in [7, 11) is 0. The van der Waals surface area contributed by atoms with Crippen molar-refractivity contribution in [1.29, 1.82) is 0 Å². The second-order valence-electron chi connectivity index (χ2n) is 0.0891. The quantitative estimate of drug-likeness (QED) is 0.268. The monoisotopic (exact) mass is 146 g/mol. The van der Waals surface area contributed by atoms with Crippen LogP contribution in [-0.4, -0.2) is 6.54 Å². The van der Waals surface area contributed by atoms with Crippen LogP contribution in [0.2, 0.25) is 0 Å². The Morgan fingerprint density at radius 3 is 1.75 bits per heavy atom. The third-order valence-electron chi connectivity index (χ3n) is 0. The Morgan fingerprint density at radius 2 is 1.75 bits per heavy atom. The first-order valence-electron chi connectivity index (χ1n) is 0.454. The molecule has 24 valence electrons. The number of carbonyl (C=O) groups excluding carboxylic acids is 1. The minimum Gasteiger partial charge on any atom is -0.265 e. The molecule has 0 aliphatic carbocycles. The Hall–Kier alpha value is 0.288. The zero-order valence-electron chi connectivity index (χ0n) is 1.77. The van der Waals surface area contributed by atoms with Crippen LogP contribution in [-0.2, 0) is 25.9 Å². The summed E-state index contributed by atoms with van der Waals surface area (Å²) < 4.78 is 9.61. The van der Waals surface area contributed by atoms with Gasteiger partial charge in [-0.3, -0.25) is 4.79 Å². The fraction of sp³-hybridized carbons (Fsp3) is 0. The molecule has 0 aromatic rings. The van der Waals surface area contributed by atoms with Gasteiger partial charge in [-0.2, -0.15) is 4.39 Å². The predicted octanol–water partition coefficient (Wildman–Crippen LogP) is 0.144. The molecule has 0 aliphatic heterocycles. The van der Waals surface area contributed by atoms with Crippen molar-refractivity contribution in [2.45, 2.75) is 0 Å². The smallest absolute Gasteiger partial charge is 0.265 e. The van der Waals surface area contributed by atoms with E-state index in [2.05, 4.69) is 0 Å². The van der Waals surface area contributed by atoms with Crippen molar-refractivity contribution in [2.24, 2.45) is 0 Å².